The molecule has 2 aromatic rings. The van der Waals surface area contributed by atoms with Crippen LogP contribution in [0.25, 0.3) is 0 Å². The van der Waals surface area contributed by atoms with Gasteiger partial charge in [-0.2, -0.15) is 18.2 Å². The van der Waals surface area contributed by atoms with Crippen molar-refractivity contribution >= 4 is 23.3 Å². The van der Waals surface area contributed by atoms with E-state index in [0.717, 1.165) is 23.3 Å². The molecule has 2 amide bonds. The highest BCUT2D eigenvalue weighted by atomic mass is 35.5. The average Bonchev–Trinajstić information content (AvgIpc) is 2.80. The van der Waals surface area contributed by atoms with Gasteiger partial charge in [-0.05, 0) is 49.1 Å². The van der Waals surface area contributed by atoms with Crippen molar-refractivity contribution in [2.75, 3.05) is 0 Å². The zero-order chi connectivity index (χ0) is 25.0. The van der Waals surface area contributed by atoms with Crippen molar-refractivity contribution < 1.29 is 22.7 Å². The fourth-order valence-corrected chi connectivity index (χ4v) is 4.31. The fourth-order valence-electron chi connectivity index (χ4n) is 3.99. The normalized spacial score (nSPS) is 20.8. The van der Waals surface area contributed by atoms with Gasteiger partial charge >= 0.3 is 12.2 Å². The molecule has 8 heteroatoms. The summed E-state index contributed by atoms with van der Waals surface area (Å²) >= 11 is 6.54. The van der Waals surface area contributed by atoms with Gasteiger partial charge in [-0.1, -0.05) is 71.8 Å². The van der Waals surface area contributed by atoms with Crippen LogP contribution in [0.2, 0.25) is 0 Å². The van der Waals surface area contributed by atoms with E-state index in [4.69, 9.17) is 16.3 Å². The Bertz CT molecular complexity index is 1200. The number of nitrogens with one attached hydrogen (secondary N) is 1. The fraction of sp³-hybridized carbons (Fsp3) is 0.259. The Labute approximate surface area is 206 Å². The maximum Gasteiger partial charge on any atom is 0.416 e. The summed E-state index contributed by atoms with van der Waals surface area (Å²) in [5.41, 5.74) is 2.92. The molecule has 2 aliphatic rings. The average molecular weight is 501 g/mol. The van der Waals surface area contributed by atoms with Crippen molar-refractivity contribution in [3.05, 3.63) is 106 Å². The van der Waals surface area contributed by atoms with Gasteiger partial charge in [0, 0.05) is 10.7 Å². The molecule has 0 spiro atoms. The van der Waals surface area contributed by atoms with Gasteiger partial charge in [0.1, 0.15) is 0 Å². The highest BCUT2D eigenvalue weighted by Crippen LogP contribution is 2.33. The lowest BCUT2D eigenvalue weighted by molar-refractivity contribution is -0.137. The molecule has 0 bridgehead atoms. The van der Waals surface area contributed by atoms with Crippen molar-refractivity contribution in [1.82, 2.24) is 5.32 Å². The van der Waals surface area contributed by atoms with Crippen molar-refractivity contribution in [2.45, 2.75) is 38.7 Å². The Kier molecular flexibility index (Phi) is 7.57. The summed E-state index contributed by atoms with van der Waals surface area (Å²) < 4.78 is 44.7. The molecule has 1 N–H and O–H groups in total. The molecule has 35 heavy (non-hydrogen) atoms. The topological polar surface area (TPSA) is 50.7 Å². The number of carbonyl (C=O) groups is 1. The Morgan fingerprint density at radius 2 is 1.83 bits per heavy atom. The first-order valence-corrected chi connectivity index (χ1v) is 11.6. The van der Waals surface area contributed by atoms with Crippen molar-refractivity contribution in [1.29, 1.82) is 0 Å². The number of alkyl halides is 3. The number of halogens is 4. The monoisotopic (exact) mass is 500 g/mol. The van der Waals surface area contributed by atoms with E-state index in [9.17, 15) is 18.0 Å². The smallest absolute Gasteiger partial charge is 0.368 e. The van der Waals surface area contributed by atoms with E-state index >= 15 is 0 Å². The second-order valence-corrected chi connectivity index (χ2v) is 8.87. The van der Waals surface area contributed by atoms with Crippen LogP contribution < -0.4 is 5.32 Å². The van der Waals surface area contributed by atoms with E-state index in [0.29, 0.717) is 41.5 Å². The third kappa shape index (κ3) is 6.29. The first kappa shape index (κ1) is 24.9. The number of amides is 2. The van der Waals surface area contributed by atoms with E-state index in [1.165, 1.54) is 12.1 Å². The third-order valence-electron chi connectivity index (χ3n) is 5.86. The molecule has 182 valence electrons. The summed E-state index contributed by atoms with van der Waals surface area (Å²) in [7, 11) is 0. The van der Waals surface area contributed by atoms with Gasteiger partial charge in [-0.3, -0.25) is 0 Å². The molecule has 0 radical (unpaired) electrons. The quantitative estimate of drug-likeness (QED) is 0.476. The van der Waals surface area contributed by atoms with Crippen LogP contribution in [-0.4, -0.2) is 17.8 Å². The molecular formula is C27H24ClF3N2O2. The predicted molar refractivity (Wildman–Crippen MR) is 130 cm³/mol. The molecule has 2 unspecified atom stereocenters. The van der Waals surface area contributed by atoms with Crippen LogP contribution in [0.5, 0.6) is 0 Å². The highest BCUT2D eigenvalue weighted by Gasteiger charge is 2.31. The number of hydrogen-bond acceptors (Lipinski definition) is 2. The van der Waals surface area contributed by atoms with Crippen LogP contribution in [0, 0.1) is 12.8 Å². The van der Waals surface area contributed by atoms with E-state index in [-0.39, 0.29) is 0 Å². The summed E-state index contributed by atoms with van der Waals surface area (Å²) in [6.45, 7) is 2.40. The Hall–Kier alpha value is -3.16. The van der Waals surface area contributed by atoms with Gasteiger partial charge in [-0.15, -0.1) is 0 Å². The molecule has 0 fully saturated rings. The van der Waals surface area contributed by atoms with Crippen molar-refractivity contribution in [2.24, 2.45) is 10.9 Å². The van der Waals surface area contributed by atoms with Crippen LogP contribution in [0.3, 0.4) is 0 Å². The summed E-state index contributed by atoms with van der Waals surface area (Å²) in [5.74, 6) is -0.404. The molecule has 0 saturated heterocycles. The minimum Gasteiger partial charge on any atom is -0.368 e. The number of allylic oxidation sites excluding steroid dienone is 3. The van der Waals surface area contributed by atoms with Gasteiger partial charge in [0.25, 0.3) is 0 Å². The summed E-state index contributed by atoms with van der Waals surface area (Å²) in [4.78, 5) is 16.8. The number of nitrogens with zero attached hydrogens (tertiary/aromatic N) is 1. The lowest BCUT2D eigenvalue weighted by Crippen LogP contribution is -2.34. The number of urea groups is 1. The molecule has 0 aromatic heterocycles. The lowest BCUT2D eigenvalue weighted by Gasteiger charge is -2.30. The zero-order valence-corrected chi connectivity index (χ0v) is 19.7. The number of carbonyl (C=O) groups excluding carboxylic acids is 1. The minimum atomic E-state index is -4.42. The van der Waals surface area contributed by atoms with E-state index in [2.05, 4.69) is 10.3 Å². The lowest BCUT2D eigenvalue weighted by atomic mass is 9.92. The number of rotatable bonds is 5. The van der Waals surface area contributed by atoms with Crippen molar-refractivity contribution in [3.63, 3.8) is 0 Å². The zero-order valence-electron chi connectivity index (χ0n) is 19.0. The number of aryl methyl sites for hydroxylation is 1. The highest BCUT2D eigenvalue weighted by molar-refractivity contribution is 6.30. The number of benzene rings is 2. The second kappa shape index (κ2) is 10.6. The molecule has 1 aliphatic carbocycles. The van der Waals surface area contributed by atoms with Crippen molar-refractivity contribution in [3.8, 4) is 0 Å². The van der Waals surface area contributed by atoms with Gasteiger partial charge in [-0.25, -0.2) is 4.79 Å². The molecule has 4 rings (SSSR count). The van der Waals surface area contributed by atoms with Crippen LogP contribution in [0.1, 0.15) is 35.1 Å². The first-order chi connectivity index (χ1) is 16.7. The second-order valence-electron chi connectivity index (χ2n) is 8.44. The maximum atomic E-state index is 12.9. The minimum absolute atomic E-state index is 0.382. The number of hydrogen-bond donors (Lipinski definition) is 1. The first-order valence-electron chi connectivity index (χ1n) is 11.2. The predicted octanol–water partition coefficient (Wildman–Crippen LogP) is 7.08. The van der Waals surface area contributed by atoms with Gasteiger partial charge in [0.15, 0.2) is 0 Å². The molecular weight excluding hydrogens is 477 g/mol. The van der Waals surface area contributed by atoms with E-state index in [1.807, 2.05) is 49.4 Å². The van der Waals surface area contributed by atoms with E-state index < -0.39 is 29.8 Å². The van der Waals surface area contributed by atoms with Gasteiger partial charge < -0.3 is 10.1 Å². The summed E-state index contributed by atoms with van der Waals surface area (Å²) in [5, 5.41) is 3.33. The molecule has 1 heterocycles. The van der Waals surface area contributed by atoms with Crippen LogP contribution in [0.15, 0.2) is 88.6 Å². The largest absolute Gasteiger partial charge is 0.416 e. The standard InChI is InChI=1S/C27H24ClF3N2O2/c1-17-8-10-18(11-9-17)16-35-24-7-2-4-21(28)25(24)23-6-3-5-22(32-26(34)33-23)19-12-14-20(15-13-19)27(29,30)31/h2,4,6-15,24-25H,3,5,16H2,1H3,(H,33,34). The Morgan fingerprint density at radius 3 is 2.51 bits per heavy atom. The third-order valence-corrected chi connectivity index (χ3v) is 6.22. The summed E-state index contributed by atoms with van der Waals surface area (Å²) in [6.07, 6.45) is 3.46. The van der Waals surface area contributed by atoms with Crippen LogP contribution in [-0.2, 0) is 17.5 Å². The molecule has 2 aromatic carbocycles. The SMILES string of the molecule is Cc1ccc(COC2C=CC=C(Cl)C2C2=CCCC(c3ccc(C(F)(F)F)cc3)=NC(=O)N2)cc1. The Morgan fingerprint density at radius 1 is 1.11 bits per heavy atom. The molecule has 2 atom stereocenters. The molecule has 1 aliphatic heterocycles. The molecule has 0 saturated carbocycles. The van der Waals surface area contributed by atoms with Gasteiger partial charge in [0.2, 0.25) is 0 Å². The van der Waals surface area contributed by atoms with Gasteiger partial charge in [0.05, 0.1) is 29.9 Å². The number of aliphatic imine (C=N–C) groups is 1. The summed E-state index contributed by atoms with van der Waals surface area (Å²) in [6, 6.07) is 12.1. The maximum absolute atomic E-state index is 12.9. The van der Waals surface area contributed by atoms with Crippen LogP contribution in [0.4, 0.5) is 18.0 Å². The Balaban J connectivity index is 1.48. The number of ether oxygens (including phenoxy) is 1. The van der Waals surface area contributed by atoms with E-state index in [1.54, 1.807) is 6.08 Å². The molecule has 4 nitrogen and oxygen atoms in total. The van der Waals surface area contributed by atoms with Crippen LogP contribution >= 0.6 is 11.6 Å².